The third kappa shape index (κ3) is 5.58. The highest BCUT2D eigenvalue weighted by atomic mass is 32.2. The van der Waals surface area contributed by atoms with Crippen molar-refractivity contribution in [1.29, 1.82) is 0 Å². The molecule has 0 aliphatic rings. The predicted octanol–water partition coefficient (Wildman–Crippen LogP) is 2.54. The zero-order valence-corrected chi connectivity index (χ0v) is 11.0. The van der Waals surface area contributed by atoms with Gasteiger partial charge in [-0.25, -0.2) is 0 Å². The van der Waals surface area contributed by atoms with Crippen molar-refractivity contribution in [2.24, 2.45) is 0 Å². The van der Waals surface area contributed by atoms with Gasteiger partial charge in [0, 0.05) is 0 Å². The predicted molar refractivity (Wildman–Crippen MR) is 66.2 cm³/mol. The second-order valence-electron chi connectivity index (χ2n) is 4.48. The molecule has 0 atom stereocenters. The molecule has 1 rings (SSSR count). The summed E-state index contributed by atoms with van der Waals surface area (Å²) >= 11 is 1.22. The minimum atomic E-state index is -0.483. The molecule has 1 aromatic heterocycles. The fourth-order valence-electron chi connectivity index (χ4n) is 1.11. The van der Waals surface area contributed by atoms with Gasteiger partial charge < -0.3 is 9.15 Å². The molecule has 94 valence electrons. The zero-order valence-electron chi connectivity index (χ0n) is 10.2. The maximum absolute atomic E-state index is 11.5. The van der Waals surface area contributed by atoms with Gasteiger partial charge in [0.15, 0.2) is 5.76 Å². The van der Waals surface area contributed by atoms with Gasteiger partial charge in [0.2, 0.25) is 5.78 Å². The van der Waals surface area contributed by atoms with Gasteiger partial charge in [-0.1, -0.05) is 0 Å². The van der Waals surface area contributed by atoms with Crippen LogP contribution in [0, 0.1) is 0 Å². The number of rotatable bonds is 5. The van der Waals surface area contributed by atoms with Crippen molar-refractivity contribution in [1.82, 2.24) is 0 Å². The second-order valence-corrected chi connectivity index (χ2v) is 5.47. The van der Waals surface area contributed by atoms with Crippen LogP contribution in [0.3, 0.4) is 0 Å². The SMILES string of the molecule is CC(C)(C)OC(=O)CSCC(=O)c1ccco1. The number of thioether (sulfide) groups is 1. The minimum absolute atomic E-state index is 0.122. The molecule has 4 nitrogen and oxygen atoms in total. The molecule has 0 saturated heterocycles. The molecule has 0 N–H and O–H groups in total. The molecule has 0 bridgehead atoms. The quantitative estimate of drug-likeness (QED) is 0.598. The van der Waals surface area contributed by atoms with Crippen molar-refractivity contribution in [3.05, 3.63) is 24.2 Å². The van der Waals surface area contributed by atoms with E-state index in [0.717, 1.165) is 0 Å². The lowest BCUT2D eigenvalue weighted by molar-refractivity contribution is -0.151. The summed E-state index contributed by atoms with van der Waals surface area (Å²) in [5.41, 5.74) is -0.483. The number of hydrogen-bond donors (Lipinski definition) is 0. The highest BCUT2D eigenvalue weighted by molar-refractivity contribution is 8.00. The Morgan fingerprint density at radius 2 is 2.06 bits per heavy atom. The number of Topliss-reactive ketones (excluding diaryl/α,β-unsaturated/α-hetero) is 1. The van der Waals surface area contributed by atoms with E-state index >= 15 is 0 Å². The third-order valence-corrected chi connectivity index (χ3v) is 2.58. The van der Waals surface area contributed by atoms with Crippen LogP contribution in [-0.4, -0.2) is 28.9 Å². The molecular weight excluding hydrogens is 240 g/mol. The standard InChI is InChI=1S/C12H16O4S/c1-12(2,3)16-11(14)8-17-7-9(13)10-5-4-6-15-10/h4-6H,7-8H2,1-3H3. The molecule has 1 heterocycles. The second kappa shape index (κ2) is 5.91. The molecule has 0 unspecified atom stereocenters. The summed E-state index contributed by atoms with van der Waals surface area (Å²) in [6.07, 6.45) is 1.45. The van der Waals surface area contributed by atoms with E-state index in [0.29, 0.717) is 5.76 Å². The van der Waals surface area contributed by atoms with Gasteiger partial charge in [0.1, 0.15) is 5.60 Å². The molecule has 5 heteroatoms. The maximum Gasteiger partial charge on any atom is 0.316 e. The summed E-state index contributed by atoms with van der Waals surface area (Å²) in [6, 6.07) is 3.27. The normalized spacial score (nSPS) is 11.2. The van der Waals surface area contributed by atoms with E-state index in [9.17, 15) is 9.59 Å². The van der Waals surface area contributed by atoms with Crippen LogP contribution >= 0.6 is 11.8 Å². The van der Waals surface area contributed by atoms with Crippen LogP contribution in [0.1, 0.15) is 31.3 Å². The molecule has 0 aliphatic carbocycles. The molecule has 1 aromatic rings. The Morgan fingerprint density at radius 3 is 2.59 bits per heavy atom. The van der Waals surface area contributed by atoms with Crippen molar-refractivity contribution < 1.29 is 18.7 Å². The largest absolute Gasteiger partial charge is 0.461 e. The fraction of sp³-hybridized carbons (Fsp3) is 0.500. The number of ether oxygens (including phenoxy) is 1. The summed E-state index contributed by atoms with van der Waals surface area (Å²) < 4.78 is 10.1. The summed E-state index contributed by atoms with van der Waals surface area (Å²) in [6.45, 7) is 5.43. The molecule has 0 saturated carbocycles. The first-order valence-electron chi connectivity index (χ1n) is 5.25. The van der Waals surface area contributed by atoms with E-state index < -0.39 is 5.60 Å². The van der Waals surface area contributed by atoms with Gasteiger partial charge in [0.25, 0.3) is 0 Å². The molecule has 0 aromatic carbocycles. The van der Waals surface area contributed by atoms with Crippen LogP contribution in [-0.2, 0) is 9.53 Å². The number of carbonyl (C=O) groups excluding carboxylic acids is 2. The molecule has 0 aliphatic heterocycles. The van der Waals surface area contributed by atoms with Crippen LogP contribution in [0.25, 0.3) is 0 Å². The summed E-state index contributed by atoms with van der Waals surface area (Å²) in [5, 5.41) is 0. The van der Waals surface area contributed by atoms with Crippen molar-refractivity contribution in [3.8, 4) is 0 Å². The molecule has 17 heavy (non-hydrogen) atoms. The Labute approximate surface area is 105 Å². The highest BCUT2D eigenvalue weighted by Crippen LogP contribution is 2.12. The average molecular weight is 256 g/mol. The molecule has 0 spiro atoms. The Hall–Kier alpha value is -1.23. The molecule has 0 fully saturated rings. The minimum Gasteiger partial charge on any atom is -0.461 e. The first kappa shape index (κ1) is 13.8. The van der Waals surface area contributed by atoms with Crippen molar-refractivity contribution in [2.75, 3.05) is 11.5 Å². The molecule has 0 radical (unpaired) electrons. The van der Waals surface area contributed by atoms with Gasteiger partial charge in [-0.3, -0.25) is 9.59 Å². The zero-order chi connectivity index (χ0) is 12.9. The van der Waals surface area contributed by atoms with E-state index in [4.69, 9.17) is 9.15 Å². The van der Waals surface area contributed by atoms with Gasteiger partial charge >= 0.3 is 5.97 Å². The number of furan rings is 1. The highest BCUT2D eigenvalue weighted by Gasteiger charge is 2.17. The lowest BCUT2D eigenvalue weighted by Gasteiger charge is -2.19. The van der Waals surface area contributed by atoms with E-state index in [2.05, 4.69) is 0 Å². The number of carbonyl (C=O) groups is 2. The van der Waals surface area contributed by atoms with Gasteiger partial charge in [-0.2, -0.15) is 0 Å². The first-order chi connectivity index (χ1) is 7.88. The number of esters is 1. The summed E-state index contributed by atoms with van der Waals surface area (Å²) in [4.78, 5) is 22.9. The van der Waals surface area contributed by atoms with Crippen molar-refractivity contribution >= 4 is 23.5 Å². The number of hydrogen-bond acceptors (Lipinski definition) is 5. The van der Waals surface area contributed by atoms with Crippen LogP contribution in [0.5, 0.6) is 0 Å². The average Bonchev–Trinajstić information content (AvgIpc) is 2.66. The molecule has 0 amide bonds. The smallest absolute Gasteiger partial charge is 0.316 e. The fourth-order valence-corrected chi connectivity index (χ4v) is 1.76. The lowest BCUT2D eigenvalue weighted by atomic mass is 10.2. The first-order valence-corrected chi connectivity index (χ1v) is 6.40. The van der Waals surface area contributed by atoms with Crippen LogP contribution in [0.15, 0.2) is 22.8 Å². The van der Waals surface area contributed by atoms with Gasteiger partial charge in [0.05, 0.1) is 17.8 Å². The lowest BCUT2D eigenvalue weighted by Crippen LogP contribution is -2.25. The van der Waals surface area contributed by atoms with Crippen molar-refractivity contribution in [3.63, 3.8) is 0 Å². The summed E-state index contributed by atoms with van der Waals surface area (Å²) in [7, 11) is 0. The Bertz CT molecular complexity index is 376. The summed E-state index contributed by atoms with van der Waals surface area (Å²) in [5.74, 6) is 0.274. The molecular formula is C12H16O4S. The van der Waals surface area contributed by atoms with Crippen LogP contribution < -0.4 is 0 Å². The van der Waals surface area contributed by atoms with Gasteiger partial charge in [-0.15, -0.1) is 11.8 Å². The van der Waals surface area contributed by atoms with Gasteiger partial charge in [-0.05, 0) is 32.9 Å². The van der Waals surface area contributed by atoms with Crippen molar-refractivity contribution in [2.45, 2.75) is 26.4 Å². The Morgan fingerprint density at radius 1 is 1.35 bits per heavy atom. The van der Waals surface area contributed by atoms with Crippen LogP contribution in [0.4, 0.5) is 0 Å². The Kier molecular flexibility index (Phi) is 4.81. The Balaban J connectivity index is 2.24. The monoisotopic (exact) mass is 256 g/mol. The van der Waals surface area contributed by atoms with Crippen LogP contribution in [0.2, 0.25) is 0 Å². The number of ketones is 1. The third-order valence-electron chi connectivity index (χ3n) is 1.67. The van der Waals surface area contributed by atoms with E-state index in [1.54, 1.807) is 12.1 Å². The van der Waals surface area contributed by atoms with E-state index in [-0.39, 0.29) is 23.3 Å². The maximum atomic E-state index is 11.5. The topological polar surface area (TPSA) is 56.5 Å². The van der Waals surface area contributed by atoms with E-state index in [1.165, 1.54) is 18.0 Å². The van der Waals surface area contributed by atoms with E-state index in [1.807, 2.05) is 20.8 Å².